The van der Waals surface area contributed by atoms with Crippen molar-refractivity contribution in [2.45, 2.75) is 22.1 Å². The maximum absolute atomic E-state index is 13.3. The van der Waals surface area contributed by atoms with Crippen molar-refractivity contribution in [2.75, 3.05) is 12.5 Å². The van der Waals surface area contributed by atoms with Crippen LogP contribution in [0.5, 0.6) is 0 Å². The first-order chi connectivity index (χ1) is 21.6. The molecular weight excluding hydrogens is 686 g/mol. The van der Waals surface area contributed by atoms with E-state index >= 15 is 0 Å². The van der Waals surface area contributed by atoms with Gasteiger partial charge < -0.3 is 4.74 Å². The molecule has 0 spiro atoms. The third-order valence-electron chi connectivity index (χ3n) is 5.79. The Morgan fingerprint density at radius 3 is 1.34 bits per heavy atom. The second kappa shape index (κ2) is 12.5. The van der Waals surface area contributed by atoms with Gasteiger partial charge in [-0.1, -0.05) is 0 Å². The van der Waals surface area contributed by atoms with Gasteiger partial charge in [-0.15, -0.1) is 10.2 Å². The van der Waals surface area contributed by atoms with Gasteiger partial charge in [0.2, 0.25) is 0 Å². The molecule has 0 fully saturated rings. The van der Waals surface area contributed by atoms with E-state index in [1.165, 1.54) is 0 Å². The number of ether oxygens (including phenoxy) is 1. The summed E-state index contributed by atoms with van der Waals surface area (Å²) in [7, 11) is -8.06. The Morgan fingerprint density at radius 1 is 0.660 bits per heavy atom. The quantitative estimate of drug-likeness (QED) is 0.113. The normalized spacial score (nSPS) is 13.0. The van der Waals surface area contributed by atoms with Crippen molar-refractivity contribution in [3.05, 3.63) is 72.3 Å². The van der Waals surface area contributed by atoms with E-state index < -0.39 is 64.9 Å². The number of rotatable bonds is 8. The van der Waals surface area contributed by atoms with E-state index in [0.29, 0.717) is 36.4 Å². The highest BCUT2D eigenvalue weighted by molar-refractivity contribution is 7.91. The minimum Gasteiger partial charge on any atom is -0.387 e. The van der Waals surface area contributed by atoms with Crippen molar-refractivity contribution in [3.8, 4) is 22.8 Å². The number of hydrogen-bond acceptors (Lipinski definition) is 11. The Morgan fingerprint density at radius 2 is 1.02 bits per heavy atom. The number of nitrogens with zero attached hydrogens (tertiary/aromatic N) is 6. The number of benzene rings is 2. The molecule has 0 amide bonds. The third-order valence-corrected chi connectivity index (χ3v) is 7.97. The molecule has 4 rings (SSSR count). The van der Waals surface area contributed by atoms with Gasteiger partial charge in [-0.2, -0.15) is 26.3 Å². The van der Waals surface area contributed by atoms with Crippen molar-refractivity contribution in [2.24, 2.45) is 0 Å². The lowest BCUT2D eigenvalue weighted by molar-refractivity contribution is -0.152. The summed E-state index contributed by atoms with van der Waals surface area (Å²) < 4.78 is 134. The van der Waals surface area contributed by atoms with Crippen LogP contribution in [0.4, 0.5) is 26.3 Å². The Bertz CT molecular complexity index is 2000. The number of alkyl halides is 6. The number of carbonyl (C=O) groups is 2. The summed E-state index contributed by atoms with van der Waals surface area (Å²) in [5.41, 5.74) is -3.07. The zero-order valence-corrected chi connectivity index (χ0v) is 25.2. The highest BCUT2D eigenvalue weighted by Crippen LogP contribution is 2.35. The van der Waals surface area contributed by atoms with Crippen molar-refractivity contribution >= 4 is 44.0 Å². The third kappa shape index (κ3) is 8.97. The second-order valence-electron chi connectivity index (χ2n) is 9.50. The van der Waals surface area contributed by atoms with E-state index in [-0.39, 0.29) is 22.8 Å². The molecular formula is C26H18F6N6O7S2. The summed E-state index contributed by atoms with van der Waals surface area (Å²) >= 11 is 0. The van der Waals surface area contributed by atoms with Crippen molar-refractivity contribution < 1.29 is 57.5 Å². The topological polar surface area (TPSA) is 173 Å². The minimum atomic E-state index is -4.87. The molecule has 248 valence electrons. The Labute approximate surface area is 260 Å². The minimum absolute atomic E-state index is 0.282. The lowest BCUT2D eigenvalue weighted by Gasteiger charge is -2.10. The summed E-state index contributed by atoms with van der Waals surface area (Å²) in [6.07, 6.45) is -3.04. The highest BCUT2D eigenvalue weighted by Gasteiger charge is 2.33. The van der Waals surface area contributed by atoms with Gasteiger partial charge in [-0.25, -0.2) is 45.8 Å². The average Bonchev–Trinajstić information content (AvgIpc) is 3.63. The van der Waals surface area contributed by atoms with E-state index in [9.17, 15) is 52.8 Å². The van der Waals surface area contributed by atoms with E-state index in [2.05, 4.69) is 24.9 Å². The molecule has 0 radical (unpaired) electrons. The molecule has 0 unspecified atom stereocenters. The van der Waals surface area contributed by atoms with Gasteiger partial charge in [0.25, 0.3) is 0 Å². The van der Waals surface area contributed by atoms with Gasteiger partial charge in [0.1, 0.15) is 12.7 Å². The molecule has 2 aromatic carbocycles. The van der Waals surface area contributed by atoms with Crippen LogP contribution in [-0.4, -0.2) is 70.8 Å². The van der Waals surface area contributed by atoms with E-state index in [4.69, 9.17) is 0 Å². The number of hydrogen-bond donors (Lipinski definition) is 0. The van der Waals surface area contributed by atoms with E-state index in [1.54, 1.807) is 0 Å². The van der Waals surface area contributed by atoms with Gasteiger partial charge in [-0.05, 0) is 36.4 Å². The molecule has 2 heterocycles. The van der Waals surface area contributed by atoms with E-state index in [0.717, 1.165) is 59.1 Å². The number of sulfone groups is 2. The van der Waals surface area contributed by atoms with Crippen LogP contribution in [-0.2, 0) is 46.4 Å². The van der Waals surface area contributed by atoms with Gasteiger partial charge in [0.15, 0.2) is 31.3 Å². The fourth-order valence-corrected chi connectivity index (χ4v) is 4.98. The molecule has 0 atom stereocenters. The van der Waals surface area contributed by atoms with Gasteiger partial charge >= 0.3 is 24.3 Å². The largest absolute Gasteiger partial charge is 0.416 e. The molecule has 0 N–H and O–H groups in total. The molecule has 0 saturated heterocycles. The molecule has 4 aromatic rings. The van der Waals surface area contributed by atoms with E-state index in [1.807, 2.05) is 0 Å². The van der Waals surface area contributed by atoms with Crippen molar-refractivity contribution in [3.63, 3.8) is 0 Å². The summed E-state index contributed by atoms with van der Waals surface area (Å²) in [5, 5.41) is 7.71. The molecule has 0 saturated carbocycles. The van der Waals surface area contributed by atoms with Crippen LogP contribution in [0.25, 0.3) is 35.2 Å². The first kappa shape index (κ1) is 34.7. The fourth-order valence-electron chi connectivity index (χ4n) is 3.61. The van der Waals surface area contributed by atoms with Crippen LogP contribution >= 0.6 is 0 Å². The molecule has 0 aliphatic heterocycles. The molecule has 13 nitrogen and oxygen atoms in total. The molecule has 47 heavy (non-hydrogen) atoms. The SMILES string of the molecule is CS(=O)(=O)c1cc(-c2ncn(C=CC(=O)OC(=O)C=Cn3cnc(-c4cc(C(F)(F)F)cc(S(C)(=O)=O)c4)n3)n2)cc(C(F)(F)F)c1. The number of carbonyl (C=O) groups excluding carboxylic acids is 2. The smallest absolute Gasteiger partial charge is 0.387 e. The predicted molar refractivity (Wildman–Crippen MR) is 149 cm³/mol. The number of aromatic nitrogens is 6. The molecule has 0 bridgehead atoms. The lowest BCUT2D eigenvalue weighted by atomic mass is 10.1. The maximum Gasteiger partial charge on any atom is 0.416 e. The Hall–Kier alpha value is -5.18. The summed E-state index contributed by atoms with van der Waals surface area (Å²) in [6.45, 7) is 0. The van der Waals surface area contributed by atoms with Gasteiger partial charge in [0.05, 0.1) is 20.9 Å². The second-order valence-corrected chi connectivity index (χ2v) is 13.5. The monoisotopic (exact) mass is 704 g/mol. The van der Waals surface area contributed by atoms with Crippen molar-refractivity contribution in [1.29, 1.82) is 0 Å². The predicted octanol–water partition coefficient (Wildman–Crippen LogP) is 3.76. The summed E-state index contributed by atoms with van der Waals surface area (Å²) in [6, 6.07) is 4.09. The zero-order valence-electron chi connectivity index (χ0n) is 23.6. The Balaban J connectivity index is 1.44. The summed E-state index contributed by atoms with van der Waals surface area (Å²) in [5.74, 6) is -3.09. The fraction of sp³-hybridized carbons (Fsp3) is 0.154. The van der Waals surface area contributed by atoms with Crippen molar-refractivity contribution in [1.82, 2.24) is 29.5 Å². The number of halogens is 6. The highest BCUT2D eigenvalue weighted by atomic mass is 32.2. The van der Waals surface area contributed by atoms with Crippen LogP contribution < -0.4 is 0 Å². The Kier molecular flexibility index (Phi) is 9.26. The molecule has 0 aliphatic rings. The van der Waals surface area contributed by atoms with Crippen LogP contribution in [0.2, 0.25) is 0 Å². The van der Waals surface area contributed by atoms with Gasteiger partial charge in [-0.3, -0.25) is 0 Å². The first-order valence-corrected chi connectivity index (χ1v) is 16.2. The average molecular weight is 705 g/mol. The first-order valence-electron chi connectivity index (χ1n) is 12.4. The molecule has 0 aliphatic carbocycles. The van der Waals surface area contributed by atoms with Gasteiger partial charge in [0, 0.05) is 48.2 Å². The zero-order chi connectivity index (χ0) is 34.9. The molecule has 21 heteroatoms. The standard InChI is InChI=1S/C26H18F6N6O7S2/c1-46(41,42)19-9-15(7-17(11-19)25(27,28)29)23-33-13-37(35-23)5-3-21(39)45-22(40)4-6-38-14-34-24(36-38)16-8-18(26(30,31)32)12-20(10-16)47(2,43)44/h3-14H,1-2H3. The van der Waals surface area contributed by atoms with Crippen LogP contribution in [0.15, 0.2) is 71.0 Å². The number of esters is 2. The maximum atomic E-state index is 13.3. The molecule has 2 aromatic heterocycles. The van der Waals surface area contributed by atoms with Crippen LogP contribution in [0.3, 0.4) is 0 Å². The van der Waals surface area contributed by atoms with Crippen LogP contribution in [0, 0.1) is 0 Å². The van der Waals surface area contributed by atoms with Crippen LogP contribution in [0.1, 0.15) is 11.1 Å². The summed E-state index contributed by atoms with van der Waals surface area (Å²) in [4.78, 5) is 30.4. The lowest BCUT2D eigenvalue weighted by Crippen LogP contribution is -2.08.